The van der Waals surface area contributed by atoms with E-state index >= 15 is 0 Å². The lowest BCUT2D eigenvalue weighted by atomic mass is 9.98. The molecule has 0 aliphatic rings. The molecule has 0 saturated carbocycles. The lowest BCUT2D eigenvalue weighted by molar-refractivity contribution is 0.330. The summed E-state index contributed by atoms with van der Waals surface area (Å²) in [5.41, 5.74) is 6.15. The molecule has 1 unspecified atom stereocenters. The summed E-state index contributed by atoms with van der Waals surface area (Å²) in [6.45, 7) is 5.83. The topological polar surface area (TPSA) is 9.23 Å². The van der Waals surface area contributed by atoms with Gasteiger partial charge in [-0.3, -0.25) is 0 Å². The fraction of sp³-hybridized carbons (Fsp3) is 0.286. The molecule has 0 N–H and O–H groups in total. The van der Waals surface area contributed by atoms with Crippen molar-refractivity contribution in [2.45, 2.75) is 45.2 Å². The van der Waals surface area contributed by atoms with Crippen LogP contribution in [0.4, 0.5) is 4.39 Å². The van der Waals surface area contributed by atoms with Gasteiger partial charge < -0.3 is 4.74 Å². The van der Waals surface area contributed by atoms with E-state index in [-0.39, 0.29) is 0 Å². The van der Waals surface area contributed by atoms with Crippen molar-refractivity contribution in [3.8, 4) is 28.0 Å². The third-order valence-corrected chi connectivity index (χ3v) is 5.30. The summed E-state index contributed by atoms with van der Waals surface area (Å²) in [6, 6.07) is 25.6. The second-order valence-electron chi connectivity index (χ2n) is 7.78. The van der Waals surface area contributed by atoms with Crippen LogP contribution in [0.25, 0.3) is 22.3 Å². The molecule has 0 bridgehead atoms. The number of halogens is 1. The van der Waals surface area contributed by atoms with E-state index in [1.807, 2.05) is 12.1 Å². The maximum absolute atomic E-state index is 12.8. The largest absolute Gasteiger partial charge is 0.490 e. The van der Waals surface area contributed by atoms with Gasteiger partial charge in [-0.25, -0.2) is 4.39 Å². The average molecular weight is 403 g/mol. The number of benzene rings is 3. The second kappa shape index (κ2) is 11.3. The van der Waals surface area contributed by atoms with E-state index in [1.165, 1.54) is 27.8 Å². The Labute approximate surface area is 180 Å². The van der Waals surface area contributed by atoms with Crippen LogP contribution in [0.15, 0.2) is 85.5 Å². The Bertz CT molecular complexity index is 893. The molecule has 0 fully saturated rings. The standard InChI is InChI=1S/C28H31FO/c1-3-21-30-28-19-17-27(18-20-28)26-15-13-25(14-16-26)24-11-9-23(10-12-24)8-6-4-5-7-22(2)29/h3,9-20,22H,1,4-8,21H2,2H3. The first-order chi connectivity index (χ1) is 14.7. The maximum atomic E-state index is 12.8. The van der Waals surface area contributed by atoms with Gasteiger partial charge in [0.1, 0.15) is 12.4 Å². The molecule has 0 aliphatic heterocycles. The number of alkyl halides is 1. The van der Waals surface area contributed by atoms with Gasteiger partial charge in [-0.05, 0) is 66.1 Å². The first kappa shape index (κ1) is 21.8. The minimum atomic E-state index is -0.675. The molecule has 0 saturated heterocycles. The number of hydrogen-bond acceptors (Lipinski definition) is 1. The number of aryl methyl sites for hydroxylation is 1. The highest BCUT2D eigenvalue weighted by molar-refractivity contribution is 5.70. The predicted molar refractivity (Wildman–Crippen MR) is 126 cm³/mol. The quantitative estimate of drug-likeness (QED) is 0.233. The highest BCUT2D eigenvalue weighted by atomic mass is 19.1. The van der Waals surface area contributed by atoms with E-state index < -0.39 is 6.17 Å². The van der Waals surface area contributed by atoms with Crippen LogP contribution in [-0.2, 0) is 6.42 Å². The first-order valence-electron chi connectivity index (χ1n) is 10.8. The van der Waals surface area contributed by atoms with Gasteiger partial charge in [0.2, 0.25) is 0 Å². The Morgan fingerprint density at radius 2 is 1.27 bits per heavy atom. The predicted octanol–water partition coefficient (Wildman–Crippen LogP) is 8.05. The summed E-state index contributed by atoms with van der Waals surface area (Å²) >= 11 is 0. The van der Waals surface area contributed by atoms with E-state index in [0.717, 1.165) is 31.4 Å². The van der Waals surface area contributed by atoms with Crippen LogP contribution in [0.5, 0.6) is 5.75 Å². The minimum absolute atomic E-state index is 0.519. The summed E-state index contributed by atoms with van der Waals surface area (Å²) in [4.78, 5) is 0. The number of ether oxygens (including phenoxy) is 1. The molecule has 1 atom stereocenters. The smallest absolute Gasteiger partial charge is 0.119 e. The Balaban J connectivity index is 1.56. The van der Waals surface area contributed by atoms with Crippen LogP contribution in [0.1, 0.15) is 38.2 Å². The molecule has 0 heterocycles. The van der Waals surface area contributed by atoms with Crippen molar-refractivity contribution in [2.75, 3.05) is 6.61 Å². The highest BCUT2D eigenvalue weighted by Crippen LogP contribution is 2.27. The molecule has 3 aromatic carbocycles. The third-order valence-electron chi connectivity index (χ3n) is 5.30. The molecule has 156 valence electrons. The molecular formula is C28H31FO. The lowest BCUT2D eigenvalue weighted by Crippen LogP contribution is -1.92. The molecule has 0 spiro atoms. The molecular weight excluding hydrogens is 371 g/mol. The van der Waals surface area contributed by atoms with Gasteiger partial charge in [0.15, 0.2) is 0 Å². The van der Waals surface area contributed by atoms with Crippen LogP contribution < -0.4 is 4.74 Å². The van der Waals surface area contributed by atoms with Crippen molar-refractivity contribution in [1.82, 2.24) is 0 Å². The highest BCUT2D eigenvalue weighted by Gasteiger charge is 2.03. The number of rotatable bonds is 11. The van der Waals surface area contributed by atoms with Crippen LogP contribution in [-0.4, -0.2) is 12.8 Å². The minimum Gasteiger partial charge on any atom is -0.490 e. The Morgan fingerprint density at radius 1 is 0.767 bits per heavy atom. The average Bonchev–Trinajstić information content (AvgIpc) is 2.78. The summed E-state index contributed by atoms with van der Waals surface area (Å²) in [7, 11) is 0. The van der Waals surface area contributed by atoms with Gasteiger partial charge in [-0.15, -0.1) is 0 Å². The molecule has 2 heteroatoms. The van der Waals surface area contributed by atoms with Gasteiger partial charge in [0.25, 0.3) is 0 Å². The molecule has 0 amide bonds. The molecule has 30 heavy (non-hydrogen) atoms. The Morgan fingerprint density at radius 3 is 1.77 bits per heavy atom. The van der Waals surface area contributed by atoms with Crippen molar-refractivity contribution in [1.29, 1.82) is 0 Å². The van der Waals surface area contributed by atoms with Crippen molar-refractivity contribution in [3.05, 3.63) is 91.0 Å². The van der Waals surface area contributed by atoms with E-state index in [2.05, 4.69) is 67.2 Å². The van der Waals surface area contributed by atoms with Gasteiger partial charge in [-0.2, -0.15) is 0 Å². The Hall–Kier alpha value is -2.87. The molecule has 1 nitrogen and oxygen atoms in total. The van der Waals surface area contributed by atoms with Crippen molar-refractivity contribution in [3.63, 3.8) is 0 Å². The normalized spacial score (nSPS) is 11.8. The van der Waals surface area contributed by atoms with Gasteiger partial charge in [0.05, 0.1) is 6.17 Å². The Kier molecular flexibility index (Phi) is 8.26. The monoisotopic (exact) mass is 402 g/mol. The van der Waals surface area contributed by atoms with Gasteiger partial charge in [-0.1, -0.05) is 86.2 Å². The molecule has 0 radical (unpaired) electrons. The second-order valence-corrected chi connectivity index (χ2v) is 7.78. The maximum Gasteiger partial charge on any atom is 0.119 e. The van der Waals surface area contributed by atoms with E-state index in [4.69, 9.17) is 4.74 Å². The number of hydrogen-bond donors (Lipinski definition) is 0. The van der Waals surface area contributed by atoms with Gasteiger partial charge in [0, 0.05) is 0 Å². The molecule has 0 aromatic heterocycles. The summed E-state index contributed by atoms with van der Waals surface area (Å²) in [6.07, 6.45) is 6.01. The lowest BCUT2D eigenvalue weighted by Gasteiger charge is -2.08. The van der Waals surface area contributed by atoms with E-state index in [0.29, 0.717) is 13.0 Å². The fourth-order valence-corrected chi connectivity index (χ4v) is 3.55. The van der Waals surface area contributed by atoms with Crippen molar-refractivity contribution < 1.29 is 9.13 Å². The zero-order chi connectivity index (χ0) is 21.2. The molecule has 0 aliphatic carbocycles. The zero-order valence-electron chi connectivity index (χ0n) is 17.8. The SMILES string of the molecule is C=CCOc1ccc(-c2ccc(-c3ccc(CCCCCC(C)F)cc3)cc2)cc1. The molecule has 3 rings (SSSR count). The van der Waals surface area contributed by atoms with Gasteiger partial charge >= 0.3 is 0 Å². The van der Waals surface area contributed by atoms with E-state index in [1.54, 1.807) is 13.0 Å². The third kappa shape index (κ3) is 6.59. The van der Waals surface area contributed by atoms with E-state index in [9.17, 15) is 4.39 Å². The summed E-state index contributed by atoms with van der Waals surface area (Å²) in [5, 5.41) is 0. The summed E-state index contributed by atoms with van der Waals surface area (Å²) < 4.78 is 18.4. The summed E-state index contributed by atoms with van der Waals surface area (Å²) in [5.74, 6) is 0.854. The fourth-order valence-electron chi connectivity index (χ4n) is 3.55. The molecule has 3 aromatic rings. The first-order valence-corrected chi connectivity index (χ1v) is 10.8. The van der Waals surface area contributed by atoms with Crippen LogP contribution >= 0.6 is 0 Å². The van der Waals surface area contributed by atoms with Crippen molar-refractivity contribution >= 4 is 0 Å². The van der Waals surface area contributed by atoms with Crippen molar-refractivity contribution in [2.24, 2.45) is 0 Å². The van der Waals surface area contributed by atoms with Crippen LogP contribution in [0, 0.1) is 0 Å². The van der Waals surface area contributed by atoms with Crippen LogP contribution in [0.2, 0.25) is 0 Å². The zero-order valence-corrected chi connectivity index (χ0v) is 17.8. The van der Waals surface area contributed by atoms with Crippen LogP contribution in [0.3, 0.4) is 0 Å². The number of unbranched alkanes of at least 4 members (excludes halogenated alkanes) is 2.